The molecule has 1 N–H and O–H groups in total. The molecule has 0 spiro atoms. The average molecular weight is 340 g/mol. The van der Waals surface area contributed by atoms with E-state index in [1.54, 1.807) is 0 Å². The summed E-state index contributed by atoms with van der Waals surface area (Å²) in [6.07, 6.45) is 0. The van der Waals surface area contributed by atoms with Crippen LogP contribution in [0.15, 0.2) is 65.1 Å². The van der Waals surface area contributed by atoms with Crippen molar-refractivity contribution in [2.45, 2.75) is 6.92 Å². The summed E-state index contributed by atoms with van der Waals surface area (Å²) >= 11 is 3.43. The molecule has 21 heavy (non-hydrogen) atoms. The maximum atomic E-state index is 12.5. The number of halogens is 1. The number of benzene rings is 3. The lowest BCUT2D eigenvalue weighted by atomic mass is 10.0. The first-order valence-corrected chi connectivity index (χ1v) is 7.50. The molecule has 0 radical (unpaired) electrons. The Bertz CT molecular complexity index is 821. The number of anilines is 1. The molecule has 0 aliphatic rings. The Morgan fingerprint density at radius 1 is 1.00 bits per heavy atom. The van der Waals surface area contributed by atoms with Gasteiger partial charge in [0.25, 0.3) is 5.91 Å². The molecule has 0 bridgehead atoms. The van der Waals surface area contributed by atoms with Gasteiger partial charge < -0.3 is 5.32 Å². The van der Waals surface area contributed by atoms with Crippen molar-refractivity contribution in [1.29, 1.82) is 0 Å². The van der Waals surface area contributed by atoms with Gasteiger partial charge in [0.1, 0.15) is 0 Å². The van der Waals surface area contributed by atoms with Crippen LogP contribution in [0, 0.1) is 6.92 Å². The Morgan fingerprint density at radius 2 is 1.76 bits per heavy atom. The molecule has 0 unspecified atom stereocenters. The first-order valence-electron chi connectivity index (χ1n) is 6.70. The molecule has 0 saturated carbocycles. The van der Waals surface area contributed by atoms with Gasteiger partial charge in [0.05, 0.1) is 0 Å². The molecule has 3 heteroatoms. The quantitative estimate of drug-likeness (QED) is 0.686. The van der Waals surface area contributed by atoms with Gasteiger partial charge >= 0.3 is 0 Å². The molecule has 1 amide bonds. The maximum Gasteiger partial charge on any atom is 0.256 e. The highest BCUT2D eigenvalue weighted by Gasteiger charge is 2.11. The molecule has 0 heterocycles. The lowest BCUT2D eigenvalue weighted by Gasteiger charge is -2.10. The molecular weight excluding hydrogens is 326 g/mol. The Labute approximate surface area is 131 Å². The average Bonchev–Trinajstić information content (AvgIpc) is 2.49. The van der Waals surface area contributed by atoms with Gasteiger partial charge in [0.2, 0.25) is 0 Å². The Balaban J connectivity index is 1.97. The minimum Gasteiger partial charge on any atom is -0.322 e. The first kappa shape index (κ1) is 13.8. The third kappa shape index (κ3) is 2.83. The molecule has 2 nitrogen and oxygen atoms in total. The fourth-order valence-corrected chi connectivity index (χ4v) is 2.86. The second-order valence-electron chi connectivity index (χ2n) is 4.94. The van der Waals surface area contributed by atoms with E-state index in [1.807, 2.05) is 67.6 Å². The summed E-state index contributed by atoms with van der Waals surface area (Å²) in [6.45, 7) is 1.98. The SMILES string of the molecule is Cc1cc(Br)ccc1NC(=O)c1cccc2ccccc12. The standard InChI is InChI=1S/C18H14BrNO/c1-12-11-14(19)9-10-17(12)20-18(21)16-8-4-6-13-5-2-3-7-15(13)16/h2-11H,1H3,(H,20,21). The van der Waals surface area contributed by atoms with E-state index in [-0.39, 0.29) is 5.91 Å². The molecule has 0 aromatic heterocycles. The summed E-state index contributed by atoms with van der Waals surface area (Å²) in [5.41, 5.74) is 2.55. The fraction of sp³-hybridized carbons (Fsp3) is 0.0556. The van der Waals surface area contributed by atoms with Gasteiger partial charge in [-0.1, -0.05) is 52.3 Å². The van der Waals surface area contributed by atoms with Gasteiger partial charge in [-0.2, -0.15) is 0 Å². The predicted molar refractivity (Wildman–Crippen MR) is 90.8 cm³/mol. The van der Waals surface area contributed by atoms with Crippen LogP contribution in [0.25, 0.3) is 10.8 Å². The zero-order valence-electron chi connectivity index (χ0n) is 11.6. The topological polar surface area (TPSA) is 29.1 Å². The first-order chi connectivity index (χ1) is 10.1. The zero-order chi connectivity index (χ0) is 14.8. The fourth-order valence-electron chi connectivity index (χ4n) is 2.38. The summed E-state index contributed by atoms with van der Waals surface area (Å²) in [5, 5.41) is 5.02. The van der Waals surface area contributed by atoms with Gasteiger partial charge in [-0.3, -0.25) is 4.79 Å². The minimum atomic E-state index is -0.0859. The molecule has 3 aromatic rings. The molecule has 0 atom stereocenters. The van der Waals surface area contributed by atoms with Gasteiger partial charge in [0, 0.05) is 15.7 Å². The van der Waals surface area contributed by atoms with Crippen molar-refractivity contribution in [3.8, 4) is 0 Å². The summed E-state index contributed by atoms with van der Waals surface area (Å²) in [7, 11) is 0. The van der Waals surface area contributed by atoms with E-state index < -0.39 is 0 Å². The van der Waals surface area contributed by atoms with Crippen LogP contribution in [0.1, 0.15) is 15.9 Å². The molecule has 0 aliphatic heterocycles. The number of nitrogens with one attached hydrogen (secondary N) is 1. The Morgan fingerprint density at radius 3 is 2.57 bits per heavy atom. The number of aryl methyl sites for hydroxylation is 1. The van der Waals surface area contributed by atoms with Crippen molar-refractivity contribution in [1.82, 2.24) is 0 Å². The van der Waals surface area contributed by atoms with E-state index in [2.05, 4.69) is 21.2 Å². The van der Waals surface area contributed by atoms with Crippen LogP contribution in [0.5, 0.6) is 0 Å². The van der Waals surface area contributed by atoms with Crippen molar-refractivity contribution in [3.05, 3.63) is 76.3 Å². The molecule has 0 saturated heterocycles. The van der Waals surface area contributed by atoms with Crippen molar-refractivity contribution in [3.63, 3.8) is 0 Å². The second kappa shape index (κ2) is 5.70. The summed E-state index contributed by atoms with van der Waals surface area (Å²) < 4.78 is 1.00. The largest absolute Gasteiger partial charge is 0.322 e. The van der Waals surface area contributed by atoms with E-state index in [0.29, 0.717) is 5.56 Å². The van der Waals surface area contributed by atoms with E-state index in [1.165, 1.54) is 0 Å². The lowest BCUT2D eigenvalue weighted by Crippen LogP contribution is -2.13. The lowest BCUT2D eigenvalue weighted by molar-refractivity contribution is 0.102. The van der Waals surface area contributed by atoms with Crippen molar-refractivity contribution in [2.24, 2.45) is 0 Å². The molecular formula is C18H14BrNO. The number of carbonyl (C=O) groups excluding carboxylic acids is 1. The molecule has 3 rings (SSSR count). The van der Waals surface area contributed by atoms with Crippen LogP contribution in [-0.4, -0.2) is 5.91 Å². The van der Waals surface area contributed by atoms with Gasteiger partial charge in [-0.25, -0.2) is 0 Å². The van der Waals surface area contributed by atoms with Crippen molar-refractivity contribution < 1.29 is 4.79 Å². The van der Waals surface area contributed by atoms with Crippen molar-refractivity contribution >= 4 is 38.3 Å². The summed E-state index contributed by atoms with van der Waals surface area (Å²) in [5.74, 6) is -0.0859. The molecule has 3 aromatic carbocycles. The van der Waals surface area contributed by atoms with Crippen LogP contribution in [0.3, 0.4) is 0 Å². The van der Waals surface area contributed by atoms with Crippen LogP contribution in [0.4, 0.5) is 5.69 Å². The Hall–Kier alpha value is -2.13. The second-order valence-corrected chi connectivity index (χ2v) is 5.86. The summed E-state index contributed by atoms with van der Waals surface area (Å²) in [4.78, 5) is 12.5. The molecule has 104 valence electrons. The van der Waals surface area contributed by atoms with Gasteiger partial charge in [0.15, 0.2) is 0 Å². The maximum absolute atomic E-state index is 12.5. The van der Waals surface area contributed by atoms with Gasteiger partial charge in [-0.15, -0.1) is 0 Å². The molecule has 0 fully saturated rings. The zero-order valence-corrected chi connectivity index (χ0v) is 13.1. The van der Waals surface area contributed by atoms with E-state index >= 15 is 0 Å². The highest BCUT2D eigenvalue weighted by atomic mass is 79.9. The third-order valence-electron chi connectivity index (χ3n) is 3.47. The monoisotopic (exact) mass is 339 g/mol. The van der Waals surface area contributed by atoms with Crippen molar-refractivity contribution in [2.75, 3.05) is 5.32 Å². The summed E-state index contributed by atoms with van der Waals surface area (Å²) in [6, 6.07) is 19.5. The van der Waals surface area contributed by atoms with E-state index in [0.717, 1.165) is 26.5 Å². The van der Waals surface area contributed by atoms with Crippen LogP contribution < -0.4 is 5.32 Å². The minimum absolute atomic E-state index is 0.0859. The van der Waals surface area contributed by atoms with E-state index in [4.69, 9.17) is 0 Å². The Kier molecular flexibility index (Phi) is 3.76. The number of amides is 1. The van der Waals surface area contributed by atoms with Crippen LogP contribution >= 0.6 is 15.9 Å². The highest BCUT2D eigenvalue weighted by Crippen LogP contribution is 2.23. The van der Waals surface area contributed by atoms with E-state index in [9.17, 15) is 4.79 Å². The van der Waals surface area contributed by atoms with Crippen LogP contribution in [0.2, 0.25) is 0 Å². The number of hydrogen-bond donors (Lipinski definition) is 1. The predicted octanol–water partition coefficient (Wildman–Crippen LogP) is 5.16. The number of carbonyl (C=O) groups is 1. The number of fused-ring (bicyclic) bond motifs is 1. The third-order valence-corrected chi connectivity index (χ3v) is 3.96. The molecule has 0 aliphatic carbocycles. The smallest absolute Gasteiger partial charge is 0.256 e. The number of rotatable bonds is 2. The number of hydrogen-bond acceptors (Lipinski definition) is 1. The highest BCUT2D eigenvalue weighted by molar-refractivity contribution is 9.10. The van der Waals surface area contributed by atoms with Gasteiger partial charge in [-0.05, 0) is 47.5 Å². The normalized spacial score (nSPS) is 10.6. The van der Waals surface area contributed by atoms with Crippen LogP contribution in [-0.2, 0) is 0 Å².